The first-order valence-corrected chi connectivity index (χ1v) is 10.4. The normalized spacial score (nSPS) is 12.2. The van der Waals surface area contributed by atoms with Gasteiger partial charge in [-0.3, -0.25) is 9.59 Å². The minimum Gasteiger partial charge on any atom is -0.493 e. The number of hydrogen-bond acceptors (Lipinski definition) is 4. The van der Waals surface area contributed by atoms with Crippen LogP contribution in [0.15, 0.2) is 65.8 Å². The van der Waals surface area contributed by atoms with Crippen LogP contribution in [0.1, 0.15) is 36.7 Å². The SMILES string of the molecule is CCOc1ccc(C=NNC(=O)C(NC(=O)c2ccccc2F)C(C)C)c2ccccc12. The van der Waals surface area contributed by atoms with E-state index in [1.54, 1.807) is 26.1 Å². The molecular formula is C25H26FN3O3. The van der Waals surface area contributed by atoms with E-state index in [-0.39, 0.29) is 11.5 Å². The van der Waals surface area contributed by atoms with Crippen molar-refractivity contribution in [2.75, 3.05) is 6.61 Å². The van der Waals surface area contributed by atoms with Crippen molar-refractivity contribution >= 4 is 28.8 Å². The van der Waals surface area contributed by atoms with Crippen LogP contribution in [0.2, 0.25) is 0 Å². The number of nitrogens with one attached hydrogen (secondary N) is 2. The number of halogens is 1. The molecule has 0 heterocycles. The lowest BCUT2D eigenvalue weighted by molar-refractivity contribution is -0.123. The maximum Gasteiger partial charge on any atom is 0.262 e. The maximum absolute atomic E-state index is 13.9. The molecule has 0 fully saturated rings. The summed E-state index contributed by atoms with van der Waals surface area (Å²) < 4.78 is 19.6. The molecule has 2 amide bonds. The Balaban J connectivity index is 1.74. The first kappa shape index (κ1) is 22.9. The van der Waals surface area contributed by atoms with Crippen LogP contribution in [0.25, 0.3) is 10.8 Å². The number of fused-ring (bicyclic) bond motifs is 1. The van der Waals surface area contributed by atoms with Crippen LogP contribution in [0.3, 0.4) is 0 Å². The molecule has 166 valence electrons. The smallest absolute Gasteiger partial charge is 0.262 e. The number of carbonyl (C=O) groups is 2. The summed E-state index contributed by atoms with van der Waals surface area (Å²) in [7, 11) is 0. The van der Waals surface area contributed by atoms with E-state index < -0.39 is 23.7 Å². The van der Waals surface area contributed by atoms with Gasteiger partial charge in [0.2, 0.25) is 0 Å². The van der Waals surface area contributed by atoms with E-state index in [1.165, 1.54) is 18.2 Å². The number of rotatable bonds is 8. The fourth-order valence-corrected chi connectivity index (χ4v) is 3.32. The molecular weight excluding hydrogens is 409 g/mol. The van der Waals surface area contributed by atoms with Crippen molar-refractivity contribution in [2.24, 2.45) is 11.0 Å². The first-order valence-electron chi connectivity index (χ1n) is 10.4. The summed E-state index contributed by atoms with van der Waals surface area (Å²) in [4.78, 5) is 25.1. The predicted molar refractivity (Wildman–Crippen MR) is 123 cm³/mol. The van der Waals surface area contributed by atoms with Crippen molar-refractivity contribution in [3.05, 3.63) is 77.6 Å². The van der Waals surface area contributed by atoms with Gasteiger partial charge in [-0.1, -0.05) is 50.2 Å². The Hall–Kier alpha value is -3.74. The molecule has 2 N–H and O–H groups in total. The molecule has 0 aromatic heterocycles. The molecule has 0 bridgehead atoms. The van der Waals surface area contributed by atoms with E-state index in [0.29, 0.717) is 6.61 Å². The first-order chi connectivity index (χ1) is 15.4. The lowest BCUT2D eigenvalue weighted by Crippen LogP contribution is -2.48. The monoisotopic (exact) mass is 435 g/mol. The number of amides is 2. The Bertz CT molecular complexity index is 1140. The zero-order valence-corrected chi connectivity index (χ0v) is 18.3. The third-order valence-electron chi connectivity index (χ3n) is 4.95. The number of benzene rings is 3. The quantitative estimate of drug-likeness (QED) is 0.409. The van der Waals surface area contributed by atoms with Crippen molar-refractivity contribution in [2.45, 2.75) is 26.8 Å². The number of hydrazone groups is 1. The van der Waals surface area contributed by atoms with E-state index >= 15 is 0 Å². The molecule has 6 nitrogen and oxygen atoms in total. The Kier molecular flexibility index (Phi) is 7.54. The second-order valence-corrected chi connectivity index (χ2v) is 7.54. The summed E-state index contributed by atoms with van der Waals surface area (Å²) in [6.07, 6.45) is 1.55. The van der Waals surface area contributed by atoms with Gasteiger partial charge in [0.05, 0.1) is 18.4 Å². The van der Waals surface area contributed by atoms with Crippen LogP contribution in [-0.2, 0) is 4.79 Å². The van der Waals surface area contributed by atoms with Gasteiger partial charge in [-0.05, 0) is 42.5 Å². The fraction of sp³-hybridized carbons (Fsp3) is 0.240. The highest BCUT2D eigenvalue weighted by molar-refractivity contribution is 6.03. The number of carbonyl (C=O) groups excluding carboxylic acids is 2. The third kappa shape index (κ3) is 5.29. The van der Waals surface area contributed by atoms with Gasteiger partial charge < -0.3 is 10.1 Å². The lowest BCUT2D eigenvalue weighted by atomic mass is 10.0. The standard InChI is InChI=1S/C25H26FN3O3/c1-4-32-22-14-13-17(18-9-5-6-10-19(18)22)15-27-29-25(31)23(16(2)3)28-24(30)20-11-7-8-12-21(20)26/h5-16,23H,4H2,1-3H3,(H,28,30)(H,29,31). The molecule has 1 unspecified atom stereocenters. The van der Waals surface area contributed by atoms with Crippen LogP contribution in [0.5, 0.6) is 5.75 Å². The molecule has 0 spiro atoms. The van der Waals surface area contributed by atoms with E-state index in [1.807, 2.05) is 43.3 Å². The second-order valence-electron chi connectivity index (χ2n) is 7.54. The highest BCUT2D eigenvalue weighted by atomic mass is 19.1. The van der Waals surface area contributed by atoms with E-state index in [0.717, 1.165) is 22.1 Å². The summed E-state index contributed by atoms with van der Waals surface area (Å²) in [6.45, 7) is 6.06. The molecule has 1 atom stereocenters. The molecule has 32 heavy (non-hydrogen) atoms. The molecule has 0 aliphatic rings. The van der Waals surface area contributed by atoms with Crippen LogP contribution in [-0.4, -0.2) is 30.7 Å². The predicted octanol–water partition coefficient (Wildman–Crippen LogP) is 4.28. The van der Waals surface area contributed by atoms with Gasteiger partial charge in [-0.2, -0.15) is 5.10 Å². The third-order valence-corrected chi connectivity index (χ3v) is 4.95. The van der Waals surface area contributed by atoms with Gasteiger partial charge >= 0.3 is 0 Å². The van der Waals surface area contributed by atoms with Crippen molar-refractivity contribution < 1.29 is 18.7 Å². The largest absolute Gasteiger partial charge is 0.493 e. The molecule has 0 saturated carbocycles. The van der Waals surface area contributed by atoms with Gasteiger partial charge in [-0.25, -0.2) is 9.82 Å². The van der Waals surface area contributed by atoms with Gasteiger partial charge in [0.25, 0.3) is 11.8 Å². The summed E-state index contributed by atoms with van der Waals surface area (Å²) >= 11 is 0. The van der Waals surface area contributed by atoms with Crippen LogP contribution in [0, 0.1) is 11.7 Å². The molecule has 3 rings (SSSR count). The minimum atomic E-state index is -0.878. The van der Waals surface area contributed by atoms with E-state index in [4.69, 9.17) is 4.74 Å². The number of hydrogen-bond donors (Lipinski definition) is 2. The van der Waals surface area contributed by atoms with Crippen molar-refractivity contribution in [1.82, 2.24) is 10.7 Å². The van der Waals surface area contributed by atoms with Crippen molar-refractivity contribution in [1.29, 1.82) is 0 Å². The molecule has 0 saturated heterocycles. The highest BCUT2D eigenvalue weighted by Gasteiger charge is 2.25. The van der Waals surface area contributed by atoms with Gasteiger partial charge in [-0.15, -0.1) is 0 Å². The van der Waals surface area contributed by atoms with Gasteiger partial charge in [0, 0.05) is 10.9 Å². The van der Waals surface area contributed by atoms with Crippen molar-refractivity contribution in [3.8, 4) is 5.75 Å². The summed E-state index contributed by atoms with van der Waals surface area (Å²) in [5.41, 5.74) is 3.17. The summed E-state index contributed by atoms with van der Waals surface area (Å²) in [5, 5.41) is 8.55. The Morgan fingerprint density at radius 1 is 1.03 bits per heavy atom. The van der Waals surface area contributed by atoms with Crippen molar-refractivity contribution in [3.63, 3.8) is 0 Å². The van der Waals surface area contributed by atoms with Crippen LogP contribution in [0.4, 0.5) is 4.39 Å². The number of ether oxygens (including phenoxy) is 1. The molecule has 0 aliphatic carbocycles. The highest BCUT2D eigenvalue weighted by Crippen LogP contribution is 2.27. The summed E-state index contributed by atoms with van der Waals surface area (Å²) in [5.74, 6) is -1.24. The summed E-state index contributed by atoms with van der Waals surface area (Å²) in [6, 6.07) is 16.2. The van der Waals surface area contributed by atoms with Crippen LogP contribution < -0.4 is 15.5 Å². The average Bonchev–Trinajstić information content (AvgIpc) is 2.78. The Labute approximate surface area is 186 Å². The van der Waals surface area contributed by atoms with Gasteiger partial charge in [0.15, 0.2) is 0 Å². The van der Waals surface area contributed by atoms with Gasteiger partial charge in [0.1, 0.15) is 17.6 Å². The Morgan fingerprint density at radius 3 is 2.41 bits per heavy atom. The molecule has 7 heteroatoms. The molecule has 0 radical (unpaired) electrons. The number of nitrogens with zero attached hydrogens (tertiary/aromatic N) is 1. The Morgan fingerprint density at radius 2 is 1.72 bits per heavy atom. The van der Waals surface area contributed by atoms with E-state index in [9.17, 15) is 14.0 Å². The second kappa shape index (κ2) is 10.5. The molecule has 3 aromatic carbocycles. The topological polar surface area (TPSA) is 79.8 Å². The van der Waals surface area contributed by atoms with Crippen LogP contribution >= 0.6 is 0 Å². The molecule has 0 aliphatic heterocycles. The van der Waals surface area contributed by atoms with E-state index in [2.05, 4.69) is 15.8 Å². The molecule has 3 aromatic rings. The average molecular weight is 435 g/mol. The zero-order valence-electron chi connectivity index (χ0n) is 18.3. The fourth-order valence-electron chi connectivity index (χ4n) is 3.32. The lowest BCUT2D eigenvalue weighted by Gasteiger charge is -2.20. The zero-order chi connectivity index (χ0) is 23.1. The maximum atomic E-state index is 13.9. The minimum absolute atomic E-state index is 0.115.